The molecule has 0 bridgehead atoms. The van der Waals surface area contributed by atoms with Gasteiger partial charge in [-0.3, -0.25) is 4.79 Å². The maximum Gasteiger partial charge on any atom is 0.239 e. The van der Waals surface area contributed by atoms with E-state index >= 15 is 0 Å². The van der Waals surface area contributed by atoms with Crippen molar-refractivity contribution in [1.29, 1.82) is 0 Å². The zero-order chi connectivity index (χ0) is 15.5. The minimum absolute atomic E-state index is 0.0314. The monoisotopic (exact) mass is 282 g/mol. The highest BCUT2D eigenvalue weighted by Gasteiger charge is 2.34. The first-order valence-corrected chi connectivity index (χ1v) is 8.08. The van der Waals surface area contributed by atoms with Gasteiger partial charge in [0.1, 0.15) is 0 Å². The highest BCUT2D eigenvalue weighted by molar-refractivity contribution is 5.81. The van der Waals surface area contributed by atoms with E-state index in [4.69, 9.17) is 0 Å². The van der Waals surface area contributed by atoms with E-state index < -0.39 is 0 Å². The molecule has 0 aromatic carbocycles. The summed E-state index contributed by atoms with van der Waals surface area (Å²) in [6.45, 7) is 11.4. The number of hydrogen-bond acceptors (Lipinski definition) is 2. The van der Waals surface area contributed by atoms with Gasteiger partial charge in [0.15, 0.2) is 0 Å². The molecule has 1 amide bonds. The molecule has 1 saturated carbocycles. The molecule has 0 heterocycles. The Balaban J connectivity index is 2.71. The second-order valence-electron chi connectivity index (χ2n) is 8.19. The van der Waals surface area contributed by atoms with Crippen LogP contribution in [0, 0.1) is 17.3 Å². The summed E-state index contributed by atoms with van der Waals surface area (Å²) in [5, 5.41) is 3.66. The number of rotatable bonds is 5. The molecule has 0 aromatic heterocycles. The minimum atomic E-state index is -0.0314. The van der Waals surface area contributed by atoms with E-state index in [9.17, 15) is 4.79 Å². The van der Waals surface area contributed by atoms with E-state index in [0.717, 1.165) is 12.3 Å². The first kappa shape index (κ1) is 17.5. The summed E-state index contributed by atoms with van der Waals surface area (Å²) in [4.78, 5) is 14.1. The molecule has 0 aromatic rings. The molecule has 1 aliphatic carbocycles. The molecule has 1 N–H and O–H groups in total. The lowest BCUT2D eigenvalue weighted by Gasteiger charge is -2.41. The minimum Gasteiger partial charge on any atom is -0.347 e. The van der Waals surface area contributed by atoms with Gasteiger partial charge in [-0.1, -0.05) is 34.6 Å². The Morgan fingerprint density at radius 3 is 2.35 bits per heavy atom. The quantitative estimate of drug-likeness (QED) is 0.839. The van der Waals surface area contributed by atoms with Gasteiger partial charge in [-0.2, -0.15) is 0 Å². The topological polar surface area (TPSA) is 32.3 Å². The van der Waals surface area contributed by atoms with Crippen molar-refractivity contribution < 1.29 is 4.79 Å². The van der Waals surface area contributed by atoms with Gasteiger partial charge in [0.2, 0.25) is 5.91 Å². The molecular formula is C17H34N2O. The largest absolute Gasteiger partial charge is 0.347 e. The number of carbonyl (C=O) groups is 1. The van der Waals surface area contributed by atoms with E-state index in [1.54, 1.807) is 4.90 Å². The zero-order valence-electron chi connectivity index (χ0n) is 14.5. The van der Waals surface area contributed by atoms with Crippen LogP contribution in [-0.4, -0.2) is 37.0 Å². The third-order valence-corrected chi connectivity index (χ3v) is 4.27. The molecule has 3 unspecified atom stereocenters. The Bertz CT molecular complexity index is 323. The van der Waals surface area contributed by atoms with Crippen LogP contribution < -0.4 is 5.32 Å². The lowest BCUT2D eigenvalue weighted by atomic mass is 9.70. The summed E-state index contributed by atoms with van der Waals surface area (Å²) in [5.74, 6) is 1.49. The van der Waals surface area contributed by atoms with Gasteiger partial charge in [0.05, 0.1) is 6.04 Å². The molecule has 0 aliphatic heterocycles. The van der Waals surface area contributed by atoms with Crippen molar-refractivity contribution in [2.24, 2.45) is 17.3 Å². The Labute approximate surface area is 125 Å². The van der Waals surface area contributed by atoms with Gasteiger partial charge in [-0.05, 0) is 42.9 Å². The van der Waals surface area contributed by atoms with Crippen LogP contribution in [0.2, 0.25) is 0 Å². The van der Waals surface area contributed by atoms with Crippen molar-refractivity contribution in [2.75, 3.05) is 14.1 Å². The molecule has 3 atom stereocenters. The third kappa shape index (κ3) is 5.43. The zero-order valence-corrected chi connectivity index (χ0v) is 14.5. The van der Waals surface area contributed by atoms with Crippen LogP contribution in [0.1, 0.15) is 60.3 Å². The van der Waals surface area contributed by atoms with E-state index in [0.29, 0.717) is 17.4 Å². The maximum atomic E-state index is 12.4. The van der Waals surface area contributed by atoms with Crippen LogP contribution in [-0.2, 0) is 4.79 Å². The molecule has 0 spiro atoms. The second kappa shape index (κ2) is 6.93. The van der Waals surface area contributed by atoms with Crippen molar-refractivity contribution in [3.63, 3.8) is 0 Å². The van der Waals surface area contributed by atoms with E-state index in [1.165, 1.54) is 19.3 Å². The second-order valence-corrected chi connectivity index (χ2v) is 8.19. The van der Waals surface area contributed by atoms with Gasteiger partial charge in [-0.15, -0.1) is 0 Å². The number of likely N-dealkylation sites (N-methyl/N-ethyl adjacent to an activating group) is 1. The average Bonchev–Trinajstić information content (AvgIpc) is 2.23. The predicted molar refractivity (Wildman–Crippen MR) is 85.7 cm³/mol. The molecular weight excluding hydrogens is 248 g/mol. The Kier molecular flexibility index (Phi) is 6.06. The van der Waals surface area contributed by atoms with Crippen LogP contribution in [0.25, 0.3) is 0 Å². The van der Waals surface area contributed by atoms with Gasteiger partial charge in [-0.25, -0.2) is 0 Å². The first-order valence-electron chi connectivity index (χ1n) is 8.08. The molecule has 20 heavy (non-hydrogen) atoms. The number of nitrogens with zero attached hydrogens (tertiary/aromatic N) is 1. The lowest BCUT2D eigenvalue weighted by molar-refractivity contribution is -0.131. The van der Waals surface area contributed by atoms with E-state index in [-0.39, 0.29) is 11.9 Å². The Morgan fingerprint density at radius 2 is 1.90 bits per heavy atom. The highest BCUT2D eigenvalue weighted by Crippen LogP contribution is 2.38. The smallest absolute Gasteiger partial charge is 0.239 e. The maximum absolute atomic E-state index is 12.4. The van der Waals surface area contributed by atoms with Gasteiger partial charge in [0, 0.05) is 20.1 Å². The molecule has 1 aliphatic rings. The van der Waals surface area contributed by atoms with Crippen LogP contribution >= 0.6 is 0 Å². The predicted octanol–water partition coefficient (Wildman–Crippen LogP) is 3.29. The fourth-order valence-electron chi connectivity index (χ4n) is 3.78. The number of hydrogen-bond donors (Lipinski definition) is 1. The summed E-state index contributed by atoms with van der Waals surface area (Å²) in [6.07, 6.45) is 4.58. The van der Waals surface area contributed by atoms with E-state index in [2.05, 4.69) is 39.9 Å². The standard InChI is InChI=1S/C17H34N2O/c1-12(2)8-15(16(20)19(6)7)18-14-9-13(3)10-17(4,5)11-14/h12-15,18H,8-11H2,1-7H3. The Hall–Kier alpha value is -0.570. The fraction of sp³-hybridized carbons (Fsp3) is 0.941. The van der Waals surface area contributed by atoms with E-state index in [1.807, 2.05) is 14.1 Å². The summed E-state index contributed by atoms with van der Waals surface area (Å²) in [6, 6.07) is 0.442. The van der Waals surface area contributed by atoms with Crippen molar-refractivity contribution in [2.45, 2.75) is 72.4 Å². The lowest BCUT2D eigenvalue weighted by Crippen LogP contribution is -2.51. The van der Waals surface area contributed by atoms with Gasteiger partial charge < -0.3 is 10.2 Å². The molecule has 1 fully saturated rings. The third-order valence-electron chi connectivity index (χ3n) is 4.27. The van der Waals surface area contributed by atoms with Gasteiger partial charge >= 0.3 is 0 Å². The first-order chi connectivity index (χ1) is 9.10. The molecule has 3 nitrogen and oxygen atoms in total. The number of amides is 1. The van der Waals surface area contributed by atoms with Crippen LogP contribution in [0.5, 0.6) is 0 Å². The SMILES string of the molecule is CC(C)CC(NC1CC(C)CC(C)(C)C1)C(=O)N(C)C. The summed E-state index contributed by atoms with van der Waals surface area (Å²) >= 11 is 0. The normalized spacial score (nSPS) is 27.4. The average molecular weight is 282 g/mol. The summed E-state index contributed by atoms with van der Waals surface area (Å²) < 4.78 is 0. The van der Waals surface area contributed by atoms with Gasteiger partial charge in [0.25, 0.3) is 0 Å². The van der Waals surface area contributed by atoms with Crippen LogP contribution in [0.4, 0.5) is 0 Å². The van der Waals surface area contributed by atoms with Crippen molar-refractivity contribution >= 4 is 5.91 Å². The summed E-state index contributed by atoms with van der Waals surface area (Å²) in [7, 11) is 3.70. The van der Waals surface area contributed by atoms with Crippen LogP contribution in [0.15, 0.2) is 0 Å². The molecule has 3 heteroatoms. The fourth-order valence-corrected chi connectivity index (χ4v) is 3.78. The molecule has 118 valence electrons. The van der Waals surface area contributed by atoms with Crippen molar-refractivity contribution in [3.8, 4) is 0 Å². The van der Waals surface area contributed by atoms with Crippen molar-refractivity contribution in [3.05, 3.63) is 0 Å². The summed E-state index contributed by atoms with van der Waals surface area (Å²) in [5.41, 5.74) is 0.388. The highest BCUT2D eigenvalue weighted by atomic mass is 16.2. The molecule has 1 rings (SSSR count). The van der Waals surface area contributed by atoms with Crippen LogP contribution in [0.3, 0.4) is 0 Å². The molecule has 0 saturated heterocycles. The molecule has 0 radical (unpaired) electrons. The number of carbonyl (C=O) groups excluding carboxylic acids is 1. The number of nitrogens with one attached hydrogen (secondary N) is 1. The van der Waals surface area contributed by atoms with Crippen molar-refractivity contribution in [1.82, 2.24) is 10.2 Å². The Morgan fingerprint density at radius 1 is 1.30 bits per heavy atom.